The Morgan fingerprint density at radius 3 is 2.72 bits per heavy atom. The van der Waals surface area contributed by atoms with Crippen molar-refractivity contribution in [2.75, 3.05) is 19.7 Å². The molecule has 6 nitrogen and oxygen atoms in total. The Hall–Kier alpha value is -2.44. The van der Waals surface area contributed by atoms with Gasteiger partial charge in [0.25, 0.3) is 5.91 Å². The van der Waals surface area contributed by atoms with Gasteiger partial charge in [0.1, 0.15) is 5.56 Å². The van der Waals surface area contributed by atoms with Gasteiger partial charge < -0.3 is 20.5 Å². The number of hydrogen-bond donors (Lipinski definition) is 2. The van der Waals surface area contributed by atoms with Gasteiger partial charge in [0, 0.05) is 25.3 Å². The smallest absolute Gasteiger partial charge is 0.259 e. The van der Waals surface area contributed by atoms with Gasteiger partial charge in [-0.15, -0.1) is 0 Å². The van der Waals surface area contributed by atoms with Gasteiger partial charge >= 0.3 is 0 Å². The first-order valence-electron chi connectivity index (χ1n) is 10.4. The third-order valence-corrected chi connectivity index (χ3v) is 5.50. The lowest BCUT2D eigenvalue weighted by Gasteiger charge is -2.36. The molecule has 1 aromatic heterocycles. The molecule has 1 saturated heterocycles. The summed E-state index contributed by atoms with van der Waals surface area (Å²) in [7, 11) is 0. The van der Waals surface area contributed by atoms with Gasteiger partial charge in [0.05, 0.1) is 12.7 Å². The average Bonchev–Trinajstić information content (AvgIpc) is 2.73. The number of aromatic nitrogens is 1. The molecule has 1 aliphatic heterocycles. The van der Waals surface area contributed by atoms with Crippen LogP contribution in [-0.4, -0.2) is 46.7 Å². The molecule has 0 aliphatic carbocycles. The molecule has 0 radical (unpaired) electrons. The summed E-state index contributed by atoms with van der Waals surface area (Å²) in [5, 5.41) is 10.7. The number of carbonyl (C=O) groups is 1. The number of rotatable bonds is 7. The minimum atomic E-state index is -0.572. The molecule has 1 aliphatic rings. The van der Waals surface area contributed by atoms with Crippen LogP contribution < -0.4 is 10.5 Å². The molecule has 3 rings (SSSR count). The Morgan fingerprint density at radius 1 is 1.28 bits per heavy atom. The van der Waals surface area contributed by atoms with Crippen molar-refractivity contribution in [3.63, 3.8) is 0 Å². The van der Waals surface area contributed by atoms with E-state index in [-0.39, 0.29) is 11.8 Å². The van der Waals surface area contributed by atoms with E-state index in [9.17, 15) is 9.90 Å². The van der Waals surface area contributed by atoms with Crippen LogP contribution in [0.3, 0.4) is 0 Å². The highest BCUT2D eigenvalue weighted by Crippen LogP contribution is 2.26. The SMILES string of the molecule is CCCOc1nc(C)ccc1C(=O)N1CCC(Cc2ccccc2CN)[C@H](O)C1. The van der Waals surface area contributed by atoms with Crippen LogP contribution in [0.2, 0.25) is 0 Å². The van der Waals surface area contributed by atoms with E-state index in [4.69, 9.17) is 10.5 Å². The summed E-state index contributed by atoms with van der Waals surface area (Å²) in [6, 6.07) is 11.7. The molecule has 1 fully saturated rings. The number of amides is 1. The number of piperidine rings is 1. The number of benzene rings is 1. The van der Waals surface area contributed by atoms with Crippen LogP contribution in [0.25, 0.3) is 0 Å². The predicted octanol–water partition coefficient (Wildman–Crippen LogP) is 2.70. The van der Waals surface area contributed by atoms with E-state index < -0.39 is 6.10 Å². The molecule has 29 heavy (non-hydrogen) atoms. The number of β-amino-alcohol motifs (C(OH)–C–C–N with tert-alkyl or cyclic N) is 1. The standard InChI is InChI=1S/C23H31N3O3/c1-3-12-29-22-20(9-8-16(2)25-22)23(28)26-11-10-18(21(27)15-26)13-17-6-4-5-7-19(17)14-24/h4-9,18,21,27H,3,10-15,24H2,1-2H3/t18?,21-/m1/s1. The van der Waals surface area contributed by atoms with Crippen LogP contribution in [0.4, 0.5) is 0 Å². The van der Waals surface area contributed by atoms with Crippen LogP contribution in [0.5, 0.6) is 5.88 Å². The zero-order chi connectivity index (χ0) is 20.8. The van der Waals surface area contributed by atoms with E-state index in [1.807, 2.05) is 38.1 Å². The van der Waals surface area contributed by atoms with Gasteiger partial charge in [-0.3, -0.25) is 4.79 Å². The van der Waals surface area contributed by atoms with Gasteiger partial charge in [0.15, 0.2) is 0 Å². The number of pyridine rings is 1. The van der Waals surface area contributed by atoms with Gasteiger partial charge in [-0.05, 0) is 55.4 Å². The van der Waals surface area contributed by atoms with E-state index in [0.29, 0.717) is 37.7 Å². The third kappa shape index (κ3) is 5.14. The summed E-state index contributed by atoms with van der Waals surface area (Å²) in [6.07, 6.45) is 1.79. The van der Waals surface area contributed by atoms with Crippen LogP contribution in [-0.2, 0) is 13.0 Å². The van der Waals surface area contributed by atoms with Crippen LogP contribution in [0, 0.1) is 12.8 Å². The fourth-order valence-electron chi connectivity index (χ4n) is 3.82. The maximum Gasteiger partial charge on any atom is 0.259 e. The first-order valence-corrected chi connectivity index (χ1v) is 10.4. The lowest BCUT2D eigenvalue weighted by atomic mass is 9.86. The van der Waals surface area contributed by atoms with Crippen molar-refractivity contribution in [1.29, 1.82) is 0 Å². The van der Waals surface area contributed by atoms with Crippen molar-refractivity contribution >= 4 is 5.91 Å². The summed E-state index contributed by atoms with van der Waals surface area (Å²) < 4.78 is 5.70. The van der Waals surface area contributed by atoms with Crippen LogP contribution in [0.1, 0.15) is 46.9 Å². The Labute approximate surface area is 172 Å². The Balaban J connectivity index is 1.68. The zero-order valence-electron chi connectivity index (χ0n) is 17.3. The Bertz CT molecular complexity index is 840. The number of nitrogens with two attached hydrogens (primary N) is 1. The molecule has 1 unspecified atom stereocenters. The lowest BCUT2D eigenvalue weighted by Crippen LogP contribution is -2.47. The molecule has 1 aromatic carbocycles. The van der Waals surface area contributed by atoms with E-state index in [1.54, 1.807) is 11.0 Å². The van der Waals surface area contributed by atoms with Crippen molar-refractivity contribution in [3.8, 4) is 5.88 Å². The minimum absolute atomic E-state index is 0.110. The molecule has 0 spiro atoms. The fraction of sp³-hybridized carbons (Fsp3) is 0.478. The molecular formula is C23H31N3O3. The highest BCUT2D eigenvalue weighted by molar-refractivity contribution is 5.96. The van der Waals surface area contributed by atoms with Crippen molar-refractivity contribution < 1.29 is 14.6 Å². The maximum atomic E-state index is 13.1. The number of likely N-dealkylation sites (tertiary alicyclic amines) is 1. The molecular weight excluding hydrogens is 366 g/mol. The van der Waals surface area contributed by atoms with Gasteiger partial charge in [-0.1, -0.05) is 31.2 Å². The highest BCUT2D eigenvalue weighted by atomic mass is 16.5. The molecule has 2 atom stereocenters. The second kappa shape index (κ2) is 9.85. The van der Waals surface area contributed by atoms with Crippen molar-refractivity contribution in [2.45, 2.75) is 45.8 Å². The number of aliphatic hydroxyl groups excluding tert-OH is 1. The largest absolute Gasteiger partial charge is 0.477 e. The maximum absolute atomic E-state index is 13.1. The first kappa shape index (κ1) is 21.3. The first-order chi connectivity index (χ1) is 14.0. The molecule has 6 heteroatoms. The van der Waals surface area contributed by atoms with Crippen molar-refractivity contribution in [1.82, 2.24) is 9.88 Å². The zero-order valence-corrected chi connectivity index (χ0v) is 17.3. The number of carbonyl (C=O) groups excluding carboxylic acids is 1. The number of nitrogens with zero attached hydrogens (tertiary/aromatic N) is 2. The number of aliphatic hydroxyl groups is 1. The lowest BCUT2D eigenvalue weighted by molar-refractivity contribution is 0.0195. The Kier molecular flexibility index (Phi) is 7.23. The average molecular weight is 398 g/mol. The van der Waals surface area contributed by atoms with Gasteiger partial charge in [-0.2, -0.15) is 0 Å². The van der Waals surface area contributed by atoms with Crippen LogP contribution >= 0.6 is 0 Å². The van der Waals surface area contributed by atoms with Gasteiger partial charge in [-0.25, -0.2) is 4.98 Å². The van der Waals surface area contributed by atoms with Gasteiger partial charge in [0.2, 0.25) is 5.88 Å². The molecule has 2 heterocycles. The quantitative estimate of drug-likeness (QED) is 0.750. The third-order valence-electron chi connectivity index (χ3n) is 5.50. The second-order valence-electron chi connectivity index (χ2n) is 7.70. The molecule has 0 bridgehead atoms. The van der Waals surface area contributed by atoms with E-state index in [2.05, 4.69) is 11.1 Å². The molecule has 3 N–H and O–H groups in total. The minimum Gasteiger partial charge on any atom is -0.477 e. The summed E-state index contributed by atoms with van der Waals surface area (Å²) in [4.78, 5) is 19.2. The number of aryl methyl sites for hydroxylation is 1. The summed E-state index contributed by atoms with van der Waals surface area (Å²) in [5.41, 5.74) is 9.40. The van der Waals surface area contributed by atoms with E-state index >= 15 is 0 Å². The molecule has 156 valence electrons. The normalized spacial score (nSPS) is 19.2. The van der Waals surface area contributed by atoms with E-state index in [0.717, 1.165) is 30.5 Å². The highest BCUT2D eigenvalue weighted by Gasteiger charge is 2.32. The molecule has 2 aromatic rings. The Morgan fingerprint density at radius 2 is 2.03 bits per heavy atom. The monoisotopic (exact) mass is 397 g/mol. The molecule has 1 amide bonds. The predicted molar refractivity (Wildman–Crippen MR) is 113 cm³/mol. The summed E-state index contributed by atoms with van der Waals surface area (Å²) >= 11 is 0. The fourth-order valence-corrected chi connectivity index (χ4v) is 3.82. The number of hydrogen-bond acceptors (Lipinski definition) is 5. The molecule has 0 saturated carbocycles. The topological polar surface area (TPSA) is 88.7 Å². The second-order valence-corrected chi connectivity index (χ2v) is 7.70. The number of ether oxygens (including phenoxy) is 1. The van der Waals surface area contributed by atoms with Crippen molar-refractivity contribution in [2.24, 2.45) is 11.7 Å². The van der Waals surface area contributed by atoms with E-state index in [1.165, 1.54) is 5.56 Å². The summed E-state index contributed by atoms with van der Waals surface area (Å²) in [6.45, 7) is 5.82. The van der Waals surface area contributed by atoms with Crippen LogP contribution in [0.15, 0.2) is 36.4 Å². The summed E-state index contributed by atoms with van der Waals surface area (Å²) in [5.74, 6) is 0.354. The van der Waals surface area contributed by atoms with Crippen molar-refractivity contribution in [3.05, 3.63) is 58.8 Å².